The zero-order valence-corrected chi connectivity index (χ0v) is 9.73. The Bertz CT molecular complexity index is 446. The highest BCUT2D eigenvalue weighted by Gasteiger charge is 2.21. The first-order valence-electron chi connectivity index (χ1n) is 5.91. The lowest BCUT2D eigenvalue weighted by atomic mass is 10.1. The minimum atomic E-state index is -2.71. The summed E-state index contributed by atoms with van der Waals surface area (Å²) < 4.78 is 25.8. The normalized spacial score (nSPS) is 16.2. The quantitative estimate of drug-likeness (QED) is 0.656. The number of nitrogens with zero attached hydrogens (tertiary/aromatic N) is 1. The van der Waals surface area contributed by atoms with Crippen LogP contribution >= 0.6 is 0 Å². The maximum absolute atomic E-state index is 12.9. The van der Waals surface area contributed by atoms with Crippen LogP contribution in [0, 0.1) is 10.1 Å². The molecule has 1 saturated carbocycles. The average molecular weight is 256 g/mol. The van der Waals surface area contributed by atoms with Crippen molar-refractivity contribution in [3.63, 3.8) is 0 Å². The molecule has 0 radical (unpaired) electrons. The lowest BCUT2D eigenvalue weighted by Gasteiger charge is -2.16. The second-order valence-corrected chi connectivity index (χ2v) is 4.46. The third kappa shape index (κ3) is 2.75. The molecular formula is C12H14F2N2O2. The maximum atomic E-state index is 12.9. The van der Waals surface area contributed by atoms with Crippen LogP contribution in [0.25, 0.3) is 0 Å². The summed E-state index contributed by atoms with van der Waals surface area (Å²) in [6.45, 7) is 0. The molecule has 1 fully saturated rings. The maximum Gasteiger partial charge on any atom is 0.270 e. The highest BCUT2D eigenvalue weighted by Crippen LogP contribution is 2.32. The number of non-ortho nitro benzene ring substituents is 1. The first-order valence-corrected chi connectivity index (χ1v) is 5.91. The van der Waals surface area contributed by atoms with Crippen molar-refractivity contribution in [2.75, 3.05) is 5.32 Å². The molecule has 1 N–H and O–H groups in total. The van der Waals surface area contributed by atoms with Crippen molar-refractivity contribution in [3.05, 3.63) is 33.9 Å². The van der Waals surface area contributed by atoms with Gasteiger partial charge in [0.2, 0.25) is 0 Å². The van der Waals surface area contributed by atoms with E-state index < -0.39 is 11.3 Å². The Kier molecular flexibility index (Phi) is 3.74. The first kappa shape index (κ1) is 12.7. The van der Waals surface area contributed by atoms with Crippen LogP contribution in [0.15, 0.2) is 18.2 Å². The summed E-state index contributed by atoms with van der Waals surface area (Å²) in [5, 5.41) is 13.6. The van der Waals surface area contributed by atoms with E-state index in [4.69, 9.17) is 0 Å². The minimum Gasteiger partial charge on any atom is -0.382 e. The van der Waals surface area contributed by atoms with Gasteiger partial charge in [-0.3, -0.25) is 10.1 Å². The fraction of sp³-hybridized carbons (Fsp3) is 0.500. The molecule has 0 aliphatic heterocycles. The van der Waals surface area contributed by atoms with Crippen LogP contribution in [0.1, 0.15) is 37.7 Å². The molecule has 0 amide bonds. The minimum absolute atomic E-state index is 0.198. The van der Waals surface area contributed by atoms with Gasteiger partial charge in [-0.1, -0.05) is 12.8 Å². The van der Waals surface area contributed by atoms with E-state index in [0.29, 0.717) is 5.69 Å². The summed E-state index contributed by atoms with van der Waals surface area (Å²) in [6.07, 6.45) is 1.39. The van der Waals surface area contributed by atoms with Gasteiger partial charge in [0.15, 0.2) is 0 Å². The van der Waals surface area contributed by atoms with Crippen molar-refractivity contribution < 1.29 is 13.7 Å². The van der Waals surface area contributed by atoms with Crippen LogP contribution in [0.5, 0.6) is 0 Å². The van der Waals surface area contributed by atoms with Crippen molar-refractivity contribution in [2.45, 2.75) is 38.2 Å². The molecule has 1 aliphatic rings. The molecule has 18 heavy (non-hydrogen) atoms. The van der Waals surface area contributed by atoms with Crippen LogP contribution in [0.4, 0.5) is 20.2 Å². The third-order valence-electron chi connectivity index (χ3n) is 3.20. The van der Waals surface area contributed by atoms with Gasteiger partial charge in [-0.15, -0.1) is 0 Å². The molecule has 0 atom stereocenters. The standard InChI is InChI=1S/C12H14F2N2O2/c13-12(14)10-7-9(16(17)18)5-6-11(10)15-8-3-1-2-4-8/h5-8,12,15H,1-4H2. The summed E-state index contributed by atoms with van der Waals surface area (Å²) >= 11 is 0. The number of alkyl halides is 2. The highest BCUT2D eigenvalue weighted by atomic mass is 19.3. The summed E-state index contributed by atoms with van der Waals surface area (Å²) in [7, 11) is 0. The van der Waals surface area contributed by atoms with Crippen LogP contribution in [0.3, 0.4) is 0 Å². The largest absolute Gasteiger partial charge is 0.382 e. The second-order valence-electron chi connectivity index (χ2n) is 4.46. The van der Waals surface area contributed by atoms with Gasteiger partial charge >= 0.3 is 0 Å². The molecule has 0 heterocycles. The lowest BCUT2D eigenvalue weighted by Crippen LogP contribution is -2.16. The molecule has 1 aromatic rings. The number of nitrogens with one attached hydrogen (secondary N) is 1. The van der Waals surface area contributed by atoms with E-state index in [1.807, 2.05) is 0 Å². The van der Waals surface area contributed by atoms with E-state index >= 15 is 0 Å². The number of benzene rings is 1. The van der Waals surface area contributed by atoms with Gasteiger partial charge in [-0.25, -0.2) is 8.78 Å². The van der Waals surface area contributed by atoms with E-state index in [-0.39, 0.29) is 17.3 Å². The fourth-order valence-corrected chi connectivity index (χ4v) is 2.27. The van der Waals surface area contributed by atoms with E-state index in [1.54, 1.807) is 0 Å². The van der Waals surface area contributed by atoms with Gasteiger partial charge in [0.1, 0.15) is 0 Å². The van der Waals surface area contributed by atoms with Crippen molar-refractivity contribution in [2.24, 2.45) is 0 Å². The van der Waals surface area contributed by atoms with Gasteiger partial charge in [-0.2, -0.15) is 0 Å². The third-order valence-corrected chi connectivity index (χ3v) is 3.20. The molecule has 1 aromatic carbocycles. The van der Waals surface area contributed by atoms with Crippen LogP contribution in [-0.4, -0.2) is 11.0 Å². The Morgan fingerprint density at radius 2 is 2.00 bits per heavy atom. The molecule has 2 rings (SSSR count). The monoisotopic (exact) mass is 256 g/mol. The molecule has 98 valence electrons. The molecule has 0 unspecified atom stereocenters. The lowest BCUT2D eigenvalue weighted by molar-refractivity contribution is -0.385. The molecule has 0 bridgehead atoms. The Balaban J connectivity index is 2.25. The molecule has 1 aliphatic carbocycles. The van der Waals surface area contributed by atoms with Crippen molar-refractivity contribution in [1.82, 2.24) is 0 Å². The zero-order valence-electron chi connectivity index (χ0n) is 9.73. The molecule has 6 heteroatoms. The Morgan fingerprint density at radius 1 is 1.33 bits per heavy atom. The van der Waals surface area contributed by atoms with Gasteiger partial charge < -0.3 is 5.32 Å². The average Bonchev–Trinajstić information content (AvgIpc) is 2.81. The number of hydrogen-bond acceptors (Lipinski definition) is 3. The Labute approximate surface area is 103 Å². The van der Waals surface area contributed by atoms with Gasteiger partial charge in [0, 0.05) is 29.4 Å². The van der Waals surface area contributed by atoms with E-state index in [0.717, 1.165) is 31.7 Å². The van der Waals surface area contributed by atoms with Gasteiger partial charge in [0.05, 0.1) is 4.92 Å². The second kappa shape index (κ2) is 5.29. The van der Waals surface area contributed by atoms with Crippen molar-refractivity contribution in [1.29, 1.82) is 0 Å². The van der Waals surface area contributed by atoms with Gasteiger partial charge in [0.25, 0.3) is 12.1 Å². The van der Waals surface area contributed by atoms with Crippen LogP contribution in [-0.2, 0) is 0 Å². The van der Waals surface area contributed by atoms with Gasteiger partial charge in [-0.05, 0) is 18.9 Å². The van der Waals surface area contributed by atoms with Crippen LogP contribution < -0.4 is 5.32 Å². The summed E-state index contributed by atoms with van der Waals surface area (Å²) in [5.41, 5.74) is -0.291. The zero-order chi connectivity index (χ0) is 13.1. The van der Waals surface area contributed by atoms with Crippen LogP contribution in [0.2, 0.25) is 0 Å². The number of rotatable bonds is 4. The highest BCUT2D eigenvalue weighted by molar-refractivity contribution is 5.57. The molecule has 0 saturated heterocycles. The summed E-state index contributed by atoms with van der Waals surface area (Å²) in [5.74, 6) is 0. The Hall–Kier alpha value is -1.72. The van der Waals surface area contributed by atoms with Crippen molar-refractivity contribution in [3.8, 4) is 0 Å². The van der Waals surface area contributed by atoms with E-state index in [1.165, 1.54) is 12.1 Å². The first-order chi connectivity index (χ1) is 8.58. The number of halogens is 2. The Morgan fingerprint density at radius 3 is 2.56 bits per heavy atom. The van der Waals surface area contributed by atoms with E-state index in [9.17, 15) is 18.9 Å². The fourth-order valence-electron chi connectivity index (χ4n) is 2.27. The number of nitro benzene ring substituents is 1. The number of hydrogen-bond donors (Lipinski definition) is 1. The molecule has 0 aromatic heterocycles. The summed E-state index contributed by atoms with van der Waals surface area (Å²) in [4.78, 5) is 9.91. The predicted molar refractivity (Wildman–Crippen MR) is 63.9 cm³/mol. The SMILES string of the molecule is O=[N+]([O-])c1ccc(NC2CCCC2)c(C(F)F)c1. The smallest absolute Gasteiger partial charge is 0.270 e. The summed E-state index contributed by atoms with van der Waals surface area (Å²) in [6, 6.07) is 3.77. The predicted octanol–water partition coefficient (Wildman–Crippen LogP) is 3.89. The topological polar surface area (TPSA) is 55.2 Å². The number of anilines is 1. The van der Waals surface area contributed by atoms with E-state index in [2.05, 4.69) is 5.32 Å². The number of nitro groups is 1. The van der Waals surface area contributed by atoms with Crippen molar-refractivity contribution >= 4 is 11.4 Å². The molecular weight excluding hydrogens is 242 g/mol. The molecule has 0 spiro atoms. The molecule has 4 nitrogen and oxygen atoms in total.